The monoisotopic (exact) mass is 835 g/mol. The molecule has 3 N–H and O–H groups in total. The predicted octanol–water partition coefficient (Wildman–Crippen LogP) is 13.0. The van der Waals surface area contributed by atoms with E-state index in [9.17, 15) is 24.2 Å². The first kappa shape index (κ1) is 56.0. The highest BCUT2D eigenvalue weighted by atomic mass is 31.2. The summed E-state index contributed by atoms with van der Waals surface area (Å²) in [6, 6.07) is 0. The molecule has 3 unspecified atom stereocenters. The molecule has 340 valence electrons. The number of unbranched alkanes of at least 4 members (excludes halogenated alkanes) is 32. The molecular weight excluding hydrogens is 743 g/mol. The van der Waals surface area contributed by atoms with E-state index in [1.807, 2.05) is 0 Å². The number of ether oxygens (including phenoxy) is 2. The van der Waals surface area contributed by atoms with E-state index >= 15 is 0 Å². The van der Waals surface area contributed by atoms with Crippen molar-refractivity contribution < 1.29 is 47.8 Å². The van der Waals surface area contributed by atoms with Gasteiger partial charge in [-0.05, 0) is 12.8 Å². The van der Waals surface area contributed by atoms with Gasteiger partial charge in [0.05, 0.1) is 19.8 Å². The first-order valence-corrected chi connectivity index (χ1v) is 25.5. The first-order chi connectivity index (χ1) is 27.7. The van der Waals surface area contributed by atoms with Crippen molar-refractivity contribution >= 4 is 19.8 Å². The lowest BCUT2D eigenvalue weighted by Crippen LogP contribution is -2.29. The van der Waals surface area contributed by atoms with Gasteiger partial charge in [-0.25, -0.2) is 4.57 Å². The van der Waals surface area contributed by atoms with Gasteiger partial charge in [0.15, 0.2) is 6.10 Å². The molecular formula is C46H91O10P. The summed E-state index contributed by atoms with van der Waals surface area (Å²) >= 11 is 0. The summed E-state index contributed by atoms with van der Waals surface area (Å²) in [5, 5.41) is 18.4. The van der Waals surface area contributed by atoms with Crippen LogP contribution >= 0.6 is 7.82 Å². The number of carbonyl (C=O) groups excluding carboxylic acids is 2. The maximum Gasteiger partial charge on any atom is 0.472 e. The molecule has 0 fully saturated rings. The Morgan fingerprint density at radius 2 is 0.754 bits per heavy atom. The zero-order valence-corrected chi connectivity index (χ0v) is 38.0. The van der Waals surface area contributed by atoms with Crippen LogP contribution in [-0.4, -0.2) is 65.7 Å². The lowest BCUT2D eigenvalue weighted by molar-refractivity contribution is -0.161. The molecule has 0 aromatic carbocycles. The zero-order chi connectivity index (χ0) is 41.9. The fraction of sp³-hybridized carbons (Fsp3) is 0.957. The van der Waals surface area contributed by atoms with E-state index in [0.29, 0.717) is 12.8 Å². The quantitative estimate of drug-likeness (QED) is 0.0307. The van der Waals surface area contributed by atoms with Gasteiger partial charge in [-0.3, -0.25) is 18.6 Å². The van der Waals surface area contributed by atoms with Gasteiger partial charge in [0.1, 0.15) is 12.7 Å². The van der Waals surface area contributed by atoms with Crippen molar-refractivity contribution in [3.63, 3.8) is 0 Å². The zero-order valence-electron chi connectivity index (χ0n) is 37.1. The number of aliphatic hydroxyl groups excluding tert-OH is 2. The molecule has 0 aromatic heterocycles. The molecule has 0 aliphatic carbocycles. The van der Waals surface area contributed by atoms with Gasteiger partial charge in [0.2, 0.25) is 0 Å². The van der Waals surface area contributed by atoms with E-state index < -0.39 is 51.8 Å². The van der Waals surface area contributed by atoms with Crippen LogP contribution in [0.3, 0.4) is 0 Å². The van der Waals surface area contributed by atoms with Gasteiger partial charge in [-0.2, -0.15) is 0 Å². The van der Waals surface area contributed by atoms with Crippen LogP contribution in [0.15, 0.2) is 0 Å². The van der Waals surface area contributed by atoms with Crippen molar-refractivity contribution in [1.82, 2.24) is 0 Å². The van der Waals surface area contributed by atoms with Gasteiger partial charge in [0.25, 0.3) is 0 Å². The largest absolute Gasteiger partial charge is 0.472 e. The minimum absolute atomic E-state index is 0.193. The Morgan fingerprint density at radius 1 is 0.456 bits per heavy atom. The molecule has 0 spiro atoms. The summed E-state index contributed by atoms with van der Waals surface area (Å²) in [6.07, 6.45) is 40.6. The SMILES string of the molecule is CCCCCCCCCCCCCCCCCCCCCC(=O)OC(COC(=O)CCCCCCCCCCCCCCCCC)COP(=O)(O)OCC(O)CO. The van der Waals surface area contributed by atoms with Crippen molar-refractivity contribution in [1.29, 1.82) is 0 Å². The molecule has 0 aromatic rings. The molecule has 3 atom stereocenters. The molecule has 0 amide bonds. The maximum atomic E-state index is 12.6. The fourth-order valence-electron chi connectivity index (χ4n) is 7.05. The van der Waals surface area contributed by atoms with E-state index in [1.54, 1.807) is 0 Å². The number of rotatable bonds is 46. The molecule has 0 rings (SSSR count). The normalized spacial score (nSPS) is 13.7. The molecule has 0 aliphatic rings. The minimum Gasteiger partial charge on any atom is -0.462 e. The van der Waals surface area contributed by atoms with Crippen molar-refractivity contribution in [3.8, 4) is 0 Å². The van der Waals surface area contributed by atoms with Crippen molar-refractivity contribution in [2.24, 2.45) is 0 Å². The Balaban J connectivity index is 4.17. The molecule has 0 heterocycles. The summed E-state index contributed by atoms with van der Waals surface area (Å²) in [5.41, 5.74) is 0. The van der Waals surface area contributed by atoms with Gasteiger partial charge < -0.3 is 24.6 Å². The Labute approximate surface area is 350 Å². The summed E-state index contributed by atoms with van der Waals surface area (Å²) < 4.78 is 32.8. The summed E-state index contributed by atoms with van der Waals surface area (Å²) in [6.45, 7) is 2.44. The van der Waals surface area contributed by atoms with Crippen molar-refractivity contribution in [2.75, 3.05) is 26.4 Å². The Bertz CT molecular complexity index is 920. The Hall–Kier alpha value is -1.03. The second kappa shape index (κ2) is 43.1. The lowest BCUT2D eigenvalue weighted by Gasteiger charge is -2.20. The molecule has 0 bridgehead atoms. The standard InChI is InChI=1S/C46H91O10P/c1-3-5-7-9-11-13-15-17-19-20-21-22-24-26-28-30-32-34-36-38-46(50)56-44(42-55-57(51,52)54-40-43(48)39-47)41-53-45(49)37-35-33-31-29-27-25-23-18-16-14-12-10-8-6-4-2/h43-44,47-48H,3-42H2,1-2H3,(H,51,52). The molecule has 10 nitrogen and oxygen atoms in total. The second-order valence-electron chi connectivity index (χ2n) is 16.5. The molecule has 11 heteroatoms. The van der Waals surface area contributed by atoms with Crippen LogP contribution in [0, 0.1) is 0 Å². The van der Waals surface area contributed by atoms with E-state index in [0.717, 1.165) is 32.1 Å². The van der Waals surface area contributed by atoms with E-state index in [1.165, 1.54) is 173 Å². The number of phosphoric acid groups is 1. The molecule has 57 heavy (non-hydrogen) atoms. The van der Waals surface area contributed by atoms with Crippen LogP contribution < -0.4 is 0 Å². The van der Waals surface area contributed by atoms with Crippen LogP contribution in [0.5, 0.6) is 0 Å². The third-order valence-corrected chi connectivity index (χ3v) is 11.7. The fourth-order valence-corrected chi connectivity index (χ4v) is 7.84. The Morgan fingerprint density at radius 3 is 1.09 bits per heavy atom. The van der Waals surface area contributed by atoms with Gasteiger partial charge >= 0.3 is 19.8 Å². The van der Waals surface area contributed by atoms with E-state index in [4.69, 9.17) is 23.6 Å². The average molecular weight is 835 g/mol. The van der Waals surface area contributed by atoms with Crippen molar-refractivity contribution in [2.45, 2.75) is 257 Å². The van der Waals surface area contributed by atoms with Crippen LogP contribution in [0.2, 0.25) is 0 Å². The number of carbonyl (C=O) groups is 2. The van der Waals surface area contributed by atoms with E-state index in [2.05, 4.69) is 13.8 Å². The maximum absolute atomic E-state index is 12.6. The molecule has 0 aliphatic heterocycles. The van der Waals surface area contributed by atoms with Crippen LogP contribution in [-0.2, 0) is 32.7 Å². The summed E-state index contributed by atoms with van der Waals surface area (Å²) in [4.78, 5) is 35.1. The average Bonchev–Trinajstić information content (AvgIpc) is 3.20. The minimum atomic E-state index is -4.61. The second-order valence-corrected chi connectivity index (χ2v) is 18.0. The van der Waals surface area contributed by atoms with Gasteiger partial charge in [0, 0.05) is 12.8 Å². The topological polar surface area (TPSA) is 149 Å². The Kier molecular flexibility index (Phi) is 42.3. The predicted molar refractivity (Wildman–Crippen MR) is 233 cm³/mol. The highest BCUT2D eigenvalue weighted by Crippen LogP contribution is 2.43. The van der Waals surface area contributed by atoms with Crippen LogP contribution in [0.25, 0.3) is 0 Å². The van der Waals surface area contributed by atoms with E-state index in [-0.39, 0.29) is 19.4 Å². The number of aliphatic hydroxyl groups is 2. The molecule has 0 radical (unpaired) electrons. The van der Waals surface area contributed by atoms with Crippen LogP contribution in [0.1, 0.15) is 245 Å². The van der Waals surface area contributed by atoms with Gasteiger partial charge in [-0.1, -0.05) is 219 Å². The van der Waals surface area contributed by atoms with Crippen LogP contribution in [0.4, 0.5) is 0 Å². The number of phosphoric ester groups is 1. The van der Waals surface area contributed by atoms with Gasteiger partial charge in [-0.15, -0.1) is 0 Å². The highest BCUT2D eigenvalue weighted by Gasteiger charge is 2.27. The summed E-state index contributed by atoms with van der Waals surface area (Å²) in [5.74, 6) is -0.905. The third-order valence-electron chi connectivity index (χ3n) is 10.8. The first-order valence-electron chi connectivity index (χ1n) is 24.0. The number of esters is 2. The molecule has 0 saturated carbocycles. The number of hydrogen-bond donors (Lipinski definition) is 3. The lowest BCUT2D eigenvalue weighted by atomic mass is 10.0. The highest BCUT2D eigenvalue weighted by molar-refractivity contribution is 7.47. The van der Waals surface area contributed by atoms with Crippen molar-refractivity contribution in [3.05, 3.63) is 0 Å². The third kappa shape index (κ3) is 42.9. The summed E-state index contributed by atoms with van der Waals surface area (Å²) in [7, 11) is -4.61. The molecule has 0 saturated heterocycles. The number of hydrogen-bond acceptors (Lipinski definition) is 9. The smallest absolute Gasteiger partial charge is 0.462 e.